The van der Waals surface area contributed by atoms with Gasteiger partial charge in [0, 0.05) is 5.88 Å². The summed E-state index contributed by atoms with van der Waals surface area (Å²) in [5.74, 6) is -0.0681. The summed E-state index contributed by atoms with van der Waals surface area (Å²) >= 11 is 5.59. The van der Waals surface area contributed by atoms with Crippen molar-refractivity contribution in [2.45, 2.75) is 5.88 Å². The fraction of sp³-hybridized carbons (Fsp3) is 0.222. The number of carboxylic acid groups (broad SMARTS) is 1. The Kier molecular flexibility index (Phi) is 3.58. The molecule has 0 saturated heterocycles. The third kappa shape index (κ3) is 3.34. The molecule has 0 aliphatic rings. The molecule has 13 heavy (non-hydrogen) atoms. The number of carboxylic acids is 1. The van der Waals surface area contributed by atoms with Gasteiger partial charge in [0.1, 0.15) is 5.75 Å². The lowest BCUT2D eigenvalue weighted by Gasteiger charge is -2.03. The molecule has 0 unspecified atom stereocenters. The van der Waals surface area contributed by atoms with Crippen molar-refractivity contribution in [3.05, 3.63) is 29.8 Å². The molecule has 70 valence electrons. The molecule has 4 heteroatoms. The van der Waals surface area contributed by atoms with Crippen LogP contribution in [0.15, 0.2) is 24.3 Å². The van der Waals surface area contributed by atoms with Gasteiger partial charge in [0.05, 0.1) is 0 Å². The Balaban J connectivity index is 2.61. The van der Waals surface area contributed by atoms with Crippen molar-refractivity contribution < 1.29 is 14.6 Å². The number of carbonyl (C=O) groups is 1. The van der Waals surface area contributed by atoms with Crippen LogP contribution in [0, 0.1) is 0 Å². The zero-order chi connectivity index (χ0) is 9.68. The highest BCUT2D eigenvalue weighted by Gasteiger charge is 1.99. The van der Waals surface area contributed by atoms with Gasteiger partial charge < -0.3 is 9.84 Å². The molecule has 1 N–H and O–H groups in total. The fourth-order valence-corrected chi connectivity index (χ4v) is 1.03. The largest absolute Gasteiger partial charge is 0.482 e. The summed E-state index contributed by atoms with van der Waals surface area (Å²) < 4.78 is 4.95. The van der Waals surface area contributed by atoms with E-state index >= 15 is 0 Å². The van der Waals surface area contributed by atoms with E-state index in [1.54, 1.807) is 18.2 Å². The van der Waals surface area contributed by atoms with Crippen LogP contribution in [0.2, 0.25) is 0 Å². The van der Waals surface area contributed by atoms with Gasteiger partial charge in [0.15, 0.2) is 6.61 Å². The Morgan fingerprint density at radius 3 is 2.92 bits per heavy atom. The lowest BCUT2D eigenvalue weighted by Crippen LogP contribution is -2.09. The summed E-state index contributed by atoms with van der Waals surface area (Å²) in [6.45, 7) is -0.328. The highest BCUT2D eigenvalue weighted by atomic mass is 35.5. The van der Waals surface area contributed by atoms with E-state index in [2.05, 4.69) is 0 Å². The summed E-state index contributed by atoms with van der Waals surface area (Å²) in [6, 6.07) is 7.03. The lowest BCUT2D eigenvalue weighted by atomic mass is 10.2. The van der Waals surface area contributed by atoms with Crippen molar-refractivity contribution in [2.75, 3.05) is 6.61 Å². The van der Waals surface area contributed by atoms with Crippen LogP contribution in [0.1, 0.15) is 5.56 Å². The van der Waals surface area contributed by atoms with Gasteiger partial charge in [-0.3, -0.25) is 0 Å². The van der Waals surface area contributed by atoms with E-state index in [0.29, 0.717) is 11.6 Å². The standard InChI is InChI=1S/C9H9ClO3/c10-5-7-2-1-3-8(4-7)13-6-9(11)12/h1-4H,5-6H2,(H,11,12). The van der Waals surface area contributed by atoms with Gasteiger partial charge in [0.2, 0.25) is 0 Å². The van der Waals surface area contributed by atoms with Crippen LogP contribution in [-0.4, -0.2) is 17.7 Å². The molecular weight excluding hydrogens is 192 g/mol. The zero-order valence-electron chi connectivity index (χ0n) is 6.87. The van der Waals surface area contributed by atoms with Crippen LogP contribution >= 0.6 is 11.6 Å². The topological polar surface area (TPSA) is 46.5 Å². The average Bonchev–Trinajstić information content (AvgIpc) is 2.15. The Labute approximate surface area is 80.9 Å². The Morgan fingerprint density at radius 1 is 1.54 bits per heavy atom. The molecule has 3 nitrogen and oxygen atoms in total. The van der Waals surface area contributed by atoms with Crippen LogP contribution in [0.3, 0.4) is 0 Å². The minimum atomic E-state index is -0.990. The predicted molar refractivity (Wildman–Crippen MR) is 49.1 cm³/mol. The molecule has 1 rings (SSSR count). The van der Waals surface area contributed by atoms with Crippen molar-refractivity contribution in [1.82, 2.24) is 0 Å². The van der Waals surface area contributed by atoms with E-state index in [1.165, 1.54) is 0 Å². The monoisotopic (exact) mass is 200 g/mol. The van der Waals surface area contributed by atoms with Crippen LogP contribution in [-0.2, 0) is 10.7 Å². The van der Waals surface area contributed by atoms with E-state index in [1.807, 2.05) is 6.07 Å². The van der Waals surface area contributed by atoms with Crippen LogP contribution in [0.4, 0.5) is 0 Å². The Bertz CT molecular complexity index is 299. The summed E-state index contributed by atoms with van der Waals surface area (Å²) in [6.07, 6.45) is 0. The first-order valence-corrected chi connectivity index (χ1v) is 4.25. The minimum Gasteiger partial charge on any atom is -0.482 e. The number of hydrogen-bond acceptors (Lipinski definition) is 2. The molecule has 0 fully saturated rings. The second-order valence-electron chi connectivity index (χ2n) is 2.46. The maximum atomic E-state index is 10.2. The molecule has 0 radical (unpaired) electrons. The molecule has 0 aliphatic carbocycles. The molecule has 0 aromatic heterocycles. The summed E-state index contributed by atoms with van der Waals surface area (Å²) in [4.78, 5) is 10.2. The van der Waals surface area contributed by atoms with Crippen molar-refractivity contribution >= 4 is 17.6 Å². The number of hydrogen-bond donors (Lipinski definition) is 1. The molecule has 0 amide bonds. The SMILES string of the molecule is O=C(O)COc1cccc(CCl)c1. The van der Waals surface area contributed by atoms with E-state index in [9.17, 15) is 4.79 Å². The minimum absolute atomic E-state index is 0.328. The second kappa shape index (κ2) is 4.72. The molecular formula is C9H9ClO3. The number of alkyl halides is 1. The summed E-state index contributed by atoms with van der Waals surface area (Å²) in [5, 5.41) is 8.35. The molecule has 0 spiro atoms. The first-order chi connectivity index (χ1) is 6.22. The fourth-order valence-electron chi connectivity index (χ4n) is 0.863. The third-order valence-electron chi connectivity index (χ3n) is 1.42. The first-order valence-electron chi connectivity index (χ1n) is 3.72. The Hall–Kier alpha value is -1.22. The van der Waals surface area contributed by atoms with E-state index in [4.69, 9.17) is 21.4 Å². The van der Waals surface area contributed by atoms with Crippen LogP contribution < -0.4 is 4.74 Å². The maximum Gasteiger partial charge on any atom is 0.341 e. The molecule has 0 saturated carbocycles. The predicted octanol–water partition coefficient (Wildman–Crippen LogP) is 1.89. The average molecular weight is 201 g/mol. The van der Waals surface area contributed by atoms with Crippen molar-refractivity contribution in [3.8, 4) is 5.75 Å². The van der Waals surface area contributed by atoms with Crippen molar-refractivity contribution in [1.29, 1.82) is 0 Å². The van der Waals surface area contributed by atoms with Gasteiger partial charge in [-0.1, -0.05) is 12.1 Å². The van der Waals surface area contributed by atoms with E-state index < -0.39 is 5.97 Å². The van der Waals surface area contributed by atoms with Gasteiger partial charge in [-0.2, -0.15) is 0 Å². The molecule has 1 aromatic carbocycles. The van der Waals surface area contributed by atoms with Gasteiger partial charge >= 0.3 is 5.97 Å². The van der Waals surface area contributed by atoms with E-state index in [-0.39, 0.29) is 6.61 Å². The highest BCUT2D eigenvalue weighted by Crippen LogP contribution is 2.14. The van der Waals surface area contributed by atoms with Gasteiger partial charge in [-0.05, 0) is 17.7 Å². The molecule has 0 bridgehead atoms. The third-order valence-corrected chi connectivity index (χ3v) is 1.72. The van der Waals surface area contributed by atoms with Gasteiger partial charge in [0.25, 0.3) is 0 Å². The molecule has 0 aliphatic heterocycles. The Morgan fingerprint density at radius 2 is 2.31 bits per heavy atom. The van der Waals surface area contributed by atoms with E-state index in [0.717, 1.165) is 5.56 Å². The van der Waals surface area contributed by atoms with Gasteiger partial charge in [-0.15, -0.1) is 11.6 Å². The number of benzene rings is 1. The molecule has 0 heterocycles. The molecule has 0 atom stereocenters. The van der Waals surface area contributed by atoms with Crippen molar-refractivity contribution in [2.24, 2.45) is 0 Å². The number of rotatable bonds is 4. The van der Waals surface area contributed by atoms with Crippen LogP contribution in [0.5, 0.6) is 5.75 Å². The van der Waals surface area contributed by atoms with Crippen molar-refractivity contribution in [3.63, 3.8) is 0 Å². The quantitative estimate of drug-likeness (QED) is 0.755. The van der Waals surface area contributed by atoms with Crippen LogP contribution in [0.25, 0.3) is 0 Å². The summed E-state index contributed by atoms with van der Waals surface area (Å²) in [7, 11) is 0. The summed E-state index contributed by atoms with van der Waals surface area (Å²) in [5.41, 5.74) is 0.907. The maximum absolute atomic E-state index is 10.2. The smallest absolute Gasteiger partial charge is 0.341 e. The second-order valence-corrected chi connectivity index (χ2v) is 2.73. The van der Waals surface area contributed by atoms with Gasteiger partial charge in [-0.25, -0.2) is 4.79 Å². The lowest BCUT2D eigenvalue weighted by molar-refractivity contribution is -0.139. The number of halogens is 1. The molecule has 1 aromatic rings. The zero-order valence-corrected chi connectivity index (χ0v) is 7.62. The normalized spacial score (nSPS) is 9.62. The highest BCUT2D eigenvalue weighted by molar-refractivity contribution is 6.17. The number of aliphatic carboxylic acids is 1. The first kappa shape index (κ1) is 9.86. The number of ether oxygens (including phenoxy) is 1.